The lowest BCUT2D eigenvalue weighted by Crippen LogP contribution is -2.16. The van der Waals surface area contributed by atoms with E-state index < -0.39 is 0 Å². The molecule has 7 heteroatoms. The molecular weight excluding hydrogens is 436 g/mol. The van der Waals surface area contributed by atoms with Gasteiger partial charge in [0.25, 0.3) is 0 Å². The lowest BCUT2D eigenvalue weighted by Gasteiger charge is -2.14. The number of rotatable bonds is 9. The lowest BCUT2D eigenvalue weighted by molar-refractivity contribution is 0.242. The van der Waals surface area contributed by atoms with E-state index in [1.54, 1.807) is 23.3 Å². The number of hydrogen-bond acceptors (Lipinski definition) is 7. The highest BCUT2D eigenvalue weighted by atomic mass is 32.2. The van der Waals surface area contributed by atoms with Crippen LogP contribution in [0.1, 0.15) is 43.0 Å². The Morgan fingerprint density at radius 2 is 2.19 bits per heavy atom. The van der Waals surface area contributed by atoms with Gasteiger partial charge in [0.2, 0.25) is 0 Å². The normalized spacial score (nSPS) is 15.0. The Kier molecular flexibility index (Phi) is 7.48. The van der Waals surface area contributed by atoms with Gasteiger partial charge in [-0.05, 0) is 68.6 Å². The summed E-state index contributed by atoms with van der Waals surface area (Å²) < 4.78 is 9.39. The third-order valence-electron chi connectivity index (χ3n) is 5.43. The van der Waals surface area contributed by atoms with Crippen molar-refractivity contribution in [2.75, 3.05) is 19.3 Å². The standard InChI is InChI=1S/C25H28N4OS2/c1-16(2)30-23-10-7-17(13-18(23)14-26)25-28-15-24(32-25)21-6-4-5-20-19(21)8-9-22(20)29-31-12-11-27-3/h4-7,10,13,15-16,22,27,29H,8-9,11-12H2,1-3H3. The van der Waals surface area contributed by atoms with Gasteiger partial charge in [0.15, 0.2) is 0 Å². The zero-order valence-corrected chi connectivity index (χ0v) is 20.3. The highest BCUT2D eigenvalue weighted by molar-refractivity contribution is 7.97. The Balaban J connectivity index is 1.56. The Morgan fingerprint density at radius 1 is 1.31 bits per heavy atom. The van der Waals surface area contributed by atoms with Gasteiger partial charge in [0.1, 0.15) is 16.8 Å². The third-order valence-corrected chi connectivity index (χ3v) is 7.37. The molecule has 0 radical (unpaired) electrons. The molecule has 0 aliphatic heterocycles. The van der Waals surface area contributed by atoms with Crippen molar-refractivity contribution in [1.82, 2.24) is 15.0 Å². The van der Waals surface area contributed by atoms with Crippen LogP contribution in [-0.4, -0.2) is 30.4 Å². The molecule has 1 heterocycles. The summed E-state index contributed by atoms with van der Waals surface area (Å²) in [7, 11) is 1.98. The maximum atomic E-state index is 9.55. The highest BCUT2D eigenvalue weighted by Crippen LogP contribution is 2.41. The molecule has 4 rings (SSSR count). The maximum Gasteiger partial charge on any atom is 0.137 e. The number of benzene rings is 2. The Labute approximate surface area is 198 Å². The number of ether oxygens (including phenoxy) is 1. The van der Waals surface area contributed by atoms with Crippen molar-refractivity contribution in [1.29, 1.82) is 5.26 Å². The Hall–Kier alpha value is -2.37. The van der Waals surface area contributed by atoms with Gasteiger partial charge in [-0.15, -0.1) is 11.3 Å². The summed E-state index contributed by atoms with van der Waals surface area (Å²) in [4.78, 5) is 5.85. The number of nitriles is 1. The van der Waals surface area contributed by atoms with E-state index in [-0.39, 0.29) is 6.10 Å². The van der Waals surface area contributed by atoms with Crippen molar-refractivity contribution in [3.8, 4) is 32.8 Å². The summed E-state index contributed by atoms with van der Waals surface area (Å²) >= 11 is 3.47. The predicted molar refractivity (Wildman–Crippen MR) is 134 cm³/mol. The van der Waals surface area contributed by atoms with Crippen LogP contribution in [0.4, 0.5) is 0 Å². The lowest BCUT2D eigenvalue weighted by atomic mass is 10.0. The number of nitrogens with zero attached hydrogens (tertiary/aromatic N) is 2. The molecule has 2 aromatic carbocycles. The molecule has 1 aliphatic rings. The monoisotopic (exact) mass is 464 g/mol. The summed E-state index contributed by atoms with van der Waals surface area (Å²) in [6.07, 6.45) is 4.18. The van der Waals surface area contributed by atoms with E-state index in [9.17, 15) is 5.26 Å². The van der Waals surface area contributed by atoms with Crippen LogP contribution in [0.25, 0.3) is 21.0 Å². The molecular formula is C25H28N4OS2. The summed E-state index contributed by atoms with van der Waals surface area (Å²) in [6.45, 7) is 4.92. The predicted octanol–water partition coefficient (Wildman–Crippen LogP) is 5.58. The van der Waals surface area contributed by atoms with Crippen LogP contribution >= 0.6 is 23.3 Å². The number of hydrogen-bond donors (Lipinski definition) is 2. The molecule has 1 aliphatic carbocycles. The van der Waals surface area contributed by atoms with Crippen LogP contribution in [0, 0.1) is 11.3 Å². The Morgan fingerprint density at radius 3 is 2.97 bits per heavy atom. The minimum Gasteiger partial charge on any atom is -0.490 e. The molecule has 2 N–H and O–H groups in total. The number of nitrogens with one attached hydrogen (secondary N) is 2. The average Bonchev–Trinajstić information content (AvgIpc) is 3.44. The van der Waals surface area contributed by atoms with Crippen molar-refractivity contribution < 1.29 is 4.74 Å². The van der Waals surface area contributed by atoms with E-state index in [1.165, 1.54) is 21.6 Å². The van der Waals surface area contributed by atoms with Gasteiger partial charge in [-0.25, -0.2) is 4.98 Å². The second kappa shape index (κ2) is 10.5. The third kappa shape index (κ3) is 5.00. The summed E-state index contributed by atoms with van der Waals surface area (Å²) in [5.74, 6) is 1.67. The molecule has 166 valence electrons. The number of fused-ring (bicyclic) bond motifs is 1. The molecule has 0 saturated heterocycles. The zero-order chi connectivity index (χ0) is 22.5. The smallest absolute Gasteiger partial charge is 0.137 e. The van der Waals surface area contributed by atoms with Gasteiger partial charge < -0.3 is 10.1 Å². The first-order chi connectivity index (χ1) is 15.6. The van der Waals surface area contributed by atoms with E-state index >= 15 is 0 Å². The SMILES string of the molecule is CNCCSNC1CCc2c(-c3cnc(-c4ccc(OC(C)C)c(C#N)c4)s3)cccc21. The van der Waals surface area contributed by atoms with Gasteiger partial charge in [-0.3, -0.25) is 4.72 Å². The topological polar surface area (TPSA) is 70.0 Å². The van der Waals surface area contributed by atoms with Gasteiger partial charge in [-0.2, -0.15) is 5.26 Å². The average molecular weight is 465 g/mol. The molecule has 0 fully saturated rings. The van der Waals surface area contributed by atoms with Crippen molar-refractivity contribution in [2.24, 2.45) is 0 Å². The van der Waals surface area contributed by atoms with Crippen molar-refractivity contribution in [3.63, 3.8) is 0 Å². The molecule has 0 spiro atoms. The fourth-order valence-electron chi connectivity index (χ4n) is 3.96. The second-order valence-corrected chi connectivity index (χ2v) is 10.0. The molecule has 1 aromatic heterocycles. The fourth-order valence-corrected chi connectivity index (χ4v) is 5.79. The number of thiazole rings is 1. The first kappa shape index (κ1) is 22.8. The Bertz CT molecular complexity index is 1120. The molecule has 1 atom stereocenters. The van der Waals surface area contributed by atoms with E-state index in [2.05, 4.69) is 39.3 Å². The van der Waals surface area contributed by atoms with Gasteiger partial charge in [-0.1, -0.05) is 30.1 Å². The van der Waals surface area contributed by atoms with Gasteiger partial charge in [0.05, 0.1) is 16.5 Å². The quantitative estimate of drug-likeness (QED) is 0.318. The molecule has 3 aromatic rings. The van der Waals surface area contributed by atoms with Crippen LogP contribution in [0.5, 0.6) is 5.75 Å². The molecule has 5 nitrogen and oxygen atoms in total. The van der Waals surface area contributed by atoms with Gasteiger partial charge in [0, 0.05) is 30.1 Å². The van der Waals surface area contributed by atoms with Crippen LogP contribution in [-0.2, 0) is 6.42 Å². The largest absolute Gasteiger partial charge is 0.490 e. The van der Waals surface area contributed by atoms with E-state index in [1.807, 2.05) is 45.3 Å². The summed E-state index contributed by atoms with van der Waals surface area (Å²) in [5.41, 5.74) is 5.58. The molecule has 0 amide bonds. The van der Waals surface area contributed by atoms with Crippen LogP contribution in [0.2, 0.25) is 0 Å². The molecule has 1 unspecified atom stereocenters. The summed E-state index contributed by atoms with van der Waals surface area (Å²) in [5, 5.41) is 13.7. The van der Waals surface area contributed by atoms with Crippen LogP contribution in [0.3, 0.4) is 0 Å². The summed E-state index contributed by atoms with van der Waals surface area (Å²) in [6, 6.07) is 15.0. The van der Waals surface area contributed by atoms with Crippen molar-refractivity contribution >= 4 is 23.3 Å². The van der Waals surface area contributed by atoms with E-state index in [0.29, 0.717) is 17.4 Å². The van der Waals surface area contributed by atoms with Gasteiger partial charge >= 0.3 is 0 Å². The second-order valence-electron chi connectivity index (χ2n) is 8.05. The maximum absolute atomic E-state index is 9.55. The van der Waals surface area contributed by atoms with Crippen molar-refractivity contribution in [2.45, 2.75) is 38.8 Å². The van der Waals surface area contributed by atoms with Crippen LogP contribution in [0.15, 0.2) is 42.6 Å². The highest BCUT2D eigenvalue weighted by Gasteiger charge is 2.25. The van der Waals surface area contributed by atoms with Crippen molar-refractivity contribution in [3.05, 3.63) is 59.3 Å². The minimum atomic E-state index is 0.0274. The van der Waals surface area contributed by atoms with E-state index in [4.69, 9.17) is 4.74 Å². The van der Waals surface area contributed by atoms with E-state index in [0.717, 1.165) is 35.7 Å². The molecule has 32 heavy (non-hydrogen) atoms. The minimum absolute atomic E-state index is 0.0274. The first-order valence-corrected chi connectivity index (χ1v) is 12.7. The fraction of sp³-hybridized carbons (Fsp3) is 0.360. The molecule has 0 saturated carbocycles. The van der Waals surface area contributed by atoms with Crippen LogP contribution < -0.4 is 14.8 Å². The zero-order valence-electron chi connectivity index (χ0n) is 18.6. The number of aromatic nitrogens is 1. The molecule has 0 bridgehead atoms. The first-order valence-electron chi connectivity index (χ1n) is 10.9.